The maximum absolute atomic E-state index is 9.13. The summed E-state index contributed by atoms with van der Waals surface area (Å²) in [5.74, 6) is 1.53. The van der Waals surface area contributed by atoms with E-state index in [4.69, 9.17) is 14.6 Å². The van der Waals surface area contributed by atoms with E-state index in [1.165, 1.54) is 0 Å². The van der Waals surface area contributed by atoms with Gasteiger partial charge in [0.1, 0.15) is 24.7 Å². The molecule has 0 aliphatic carbocycles. The quantitative estimate of drug-likeness (QED) is 0.865. The minimum atomic E-state index is -0.464. The van der Waals surface area contributed by atoms with Gasteiger partial charge in [-0.1, -0.05) is 30.3 Å². The average molecular weight is 258 g/mol. The highest BCUT2D eigenvalue weighted by Gasteiger charge is 1.99. The SMILES string of the molecule is CC(O)COc1ccc(OCc2ccccc2)cc1. The van der Waals surface area contributed by atoms with Crippen LogP contribution in [0.4, 0.5) is 0 Å². The van der Waals surface area contributed by atoms with Crippen molar-refractivity contribution in [2.24, 2.45) is 0 Å². The Morgan fingerprint density at radius 2 is 1.47 bits per heavy atom. The van der Waals surface area contributed by atoms with Crippen molar-refractivity contribution in [3.05, 3.63) is 60.2 Å². The van der Waals surface area contributed by atoms with Gasteiger partial charge in [-0.05, 0) is 36.8 Å². The van der Waals surface area contributed by atoms with E-state index in [0.29, 0.717) is 13.2 Å². The van der Waals surface area contributed by atoms with Crippen molar-refractivity contribution in [2.75, 3.05) is 6.61 Å². The monoisotopic (exact) mass is 258 g/mol. The molecule has 2 aromatic carbocycles. The third-order valence-corrected chi connectivity index (χ3v) is 2.56. The van der Waals surface area contributed by atoms with Crippen molar-refractivity contribution in [3.63, 3.8) is 0 Å². The molecule has 3 heteroatoms. The van der Waals surface area contributed by atoms with Gasteiger partial charge in [-0.25, -0.2) is 0 Å². The highest BCUT2D eigenvalue weighted by atomic mass is 16.5. The molecule has 0 amide bonds. The van der Waals surface area contributed by atoms with Gasteiger partial charge in [0.15, 0.2) is 0 Å². The Kier molecular flexibility index (Phi) is 4.81. The van der Waals surface area contributed by atoms with E-state index in [2.05, 4.69) is 0 Å². The Hall–Kier alpha value is -2.00. The standard InChI is InChI=1S/C16H18O3/c1-13(17)11-18-15-7-9-16(10-8-15)19-12-14-5-3-2-4-6-14/h2-10,13,17H,11-12H2,1H3. The molecule has 0 bridgehead atoms. The maximum atomic E-state index is 9.13. The van der Waals surface area contributed by atoms with Gasteiger partial charge in [0.2, 0.25) is 0 Å². The van der Waals surface area contributed by atoms with Crippen LogP contribution in [0, 0.1) is 0 Å². The molecule has 1 unspecified atom stereocenters. The van der Waals surface area contributed by atoms with Gasteiger partial charge < -0.3 is 14.6 Å². The van der Waals surface area contributed by atoms with E-state index < -0.39 is 6.10 Å². The normalized spacial score (nSPS) is 11.9. The summed E-state index contributed by atoms with van der Waals surface area (Å²) in [5.41, 5.74) is 1.14. The van der Waals surface area contributed by atoms with Gasteiger partial charge in [0.05, 0.1) is 6.10 Å². The summed E-state index contributed by atoms with van der Waals surface area (Å²) in [6.07, 6.45) is -0.464. The van der Waals surface area contributed by atoms with Crippen molar-refractivity contribution >= 4 is 0 Å². The zero-order chi connectivity index (χ0) is 13.5. The van der Waals surface area contributed by atoms with Gasteiger partial charge in [0, 0.05) is 0 Å². The lowest BCUT2D eigenvalue weighted by Crippen LogP contribution is -2.12. The number of benzene rings is 2. The fourth-order valence-electron chi connectivity index (χ4n) is 1.59. The zero-order valence-corrected chi connectivity index (χ0v) is 11.0. The van der Waals surface area contributed by atoms with Crippen LogP contribution in [0.1, 0.15) is 12.5 Å². The minimum Gasteiger partial charge on any atom is -0.491 e. The first-order valence-electron chi connectivity index (χ1n) is 6.32. The number of hydrogen-bond acceptors (Lipinski definition) is 3. The summed E-state index contributed by atoms with van der Waals surface area (Å²) in [7, 11) is 0. The van der Waals surface area contributed by atoms with Crippen LogP contribution in [0.3, 0.4) is 0 Å². The number of ether oxygens (including phenoxy) is 2. The molecule has 0 heterocycles. The van der Waals surface area contributed by atoms with E-state index in [0.717, 1.165) is 17.1 Å². The van der Waals surface area contributed by atoms with Crippen molar-refractivity contribution < 1.29 is 14.6 Å². The molecular weight excluding hydrogens is 240 g/mol. The molecule has 0 radical (unpaired) electrons. The largest absolute Gasteiger partial charge is 0.491 e. The van der Waals surface area contributed by atoms with E-state index in [9.17, 15) is 0 Å². The molecule has 19 heavy (non-hydrogen) atoms. The lowest BCUT2D eigenvalue weighted by Gasteiger charge is -2.09. The molecule has 0 aliphatic heterocycles. The van der Waals surface area contributed by atoms with Crippen LogP contribution < -0.4 is 9.47 Å². The molecule has 0 aromatic heterocycles. The lowest BCUT2D eigenvalue weighted by atomic mass is 10.2. The van der Waals surface area contributed by atoms with E-state index in [1.54, 1.807) is 6.92 Å². The van der Waals surface area contributed by atoms with Crippen molar-refractivity contribution in [3.8, 4) is 11.5 Å². The molecule has 100 valence electrons. The summed E-state index contributed by atoms with van der Waals surface area (Å²) in [4.78, 5) is 0. The van der Waals surface area contributed by atoms with Crippen molar-refractivity contribution in [1.82, 2.24) is 0 Å². The first-order chi connectivity index (χ1) is 9.24. The molecule has 2 rings (SSSR count). The summed E-state index contributed by atoms with van der Waals surface area (Å²) >= 11 is 0. The van der Waals surface area contributed by atoms with Crippen LogP contribution in [0.15, 0.2) is 54.6 Å². The molecule has 0 fully saturated rings. The molecular formula is C16H18O3. The second-order valence-corrected chi connectivity index (χ2v) is 4.41. The third kappa shape index (κ3) is 4.64. The number of aliphatic hydroxyl groups is 1. The predicted molar refractivity (Wildman–Crippen MR) is 74.4 cm³/mol. The highest BCUT2D eigenvalue weighted by molar-refractivity contribution is 5.31. The minimum absolute atomic E-state index is 0.296. The van der Waals surface area contributed by atoms with Crippen LogP contribution in [-0.4, -0.2) is 17.8 Å². The molecule has 1 N–H and O–H groups in total. The van der Waals surface area contributed by atoms with Crippen molar-refractivity contribution in [1.29, 1.82) is 0 Å². The Labute approximate surface area is 113 Å². The summed E-state index contributed by atoms with van der Waals surface area (Å²) in [6, 6.07) is 17.4. The summed E-state index contributed by atoms with van der Waals surface area (Å²) < 4.78 is 11.0. The number of aliphatic hydroxyl groups excluding tert-OH is 1. The zero-order valence-electron chi connectivity index (χ0n) is 11.0. The van der Waals surface area contributed by atoms with Crippen LogP contribution in [0.5, 0.6) is 11.5 Å². The number of hydrogen-bond donors (Lipinski definition) is 1. The van der Waals surface area contributed by atoms with Gasteiger partial charge in [-0.15, -0.1) is 0 Å². The first-order valence-corrected chi connectivity index (χ1v) is 6.32. The topological polar surface area (TPSA) is 38.7 Å². The fraction of sp³-hybridized carbons (Fsp3) is 0.250. The van der Waals surface area contributed by atoms with E-state index in [1.807, 2.05) is 54.6 Å². The molecule has 0 saturated heterocycles. The molecule has 1 atom stereocenters. The highest BCUT2D eigenvalue weighted by Crippen LogP contribution is 2.18. The van der Waals surface area contributed by atoms with Gasteiger partial charge in [0.25, 0.3) is 0 Å². The Morgan fingerprint density at radius 1 is 0.895 bits per heavy atom. The van der Waals surface area contributed by atoms with E-state index >= 15 is 0 Å². The second-order valence-electron chi connectivity index (χ2n) is 4.41. The third-order valence-electron chi connectivity index (χ3n) is 2.56. The van der Waals surface area contributed by atoms with E-state index in [-0.39, 0.29) is 0 Å². The first kappa shape index (κ1) is 13.4. The average Bonchev–Trinajstić information content (AvgIpc) is 2.45. The molecule has 0 saturated carbocycles. The molecule has 2 aromatic rings. The Bertz CT molecular complexity index is 477. The van der Waals surface area contributed by atoms with Crippen LogP contribution >= 0.6 is 0 Å². The van der Waals surface area contributed by atoms with Gasteiger partial charge in [-0.2, -0.15) is 0 Å². The smallest absolute Gasteiger partial charge is 0.120 e. The number of rotatable bonds is 6. The van der Waals surface area contributed by atoms with Gasteiger partial charge in [-0.3, -0.25) is 0 Å². The lowest BCUT2D eigenvalue weighted by molar-refractivity contribution is 0.122. The Morgan fingerprint density at radius 3 is 2.05 bits per heavy atom. The summed E-state index contributed by atoms with van der Waals surface area (Å²) in [6.45, 7) is 2.54. The molecule has 0 aliphatic rings. The molecule has 3 nitrogen and oxygen atoms in total. The maximum Gasteiger partial charge on any atom is 0.120 e. The second kappa shape index (κ2) is 6.81. The summed E-state index contributed by atoms with van der Waals surface area (Å²) in [5, 5.41) is 9.13. The van der Waals surface area contributed by atoms with Crippen LogP contribution in [0.25, 0.3) is 0 Å². The van der Waals surface area contributed by atoms with Crippen molar-refractivity contribution in [2.45, 2.75) is 19.6 Å². The fourth-order valence-corrected chi connectivity index (χ4v) is 1.59. The van der Waals surface area contributed by atoms with Crippen LogP contribution in [0.2, 0.25) is 0 Å². The van der Waals surface area contributed by atoms with Crippen LogP contribution in [-0.2, 0) is 6.61 Å². The Balaban J connectivity index is 1.85. The predicted octanol–water partition coefficient (Wildman–Crippen LogP) is 3.03. The molecule has 0 spiro atoms. The van der Waals surface area contributed by atoms with Gasteiger partial charge >= 0.3 is 0 Å².